The molecule has 0 unspecified atom stereocenters. The van der Waals surface area contributed by atoms with Crippen molar-refractivity contribution in [1.82, 2.24) is 0 Å². The molecule has 0 spiro atoms. The van der Waals surface area contributed by atoms with Crippen molar-refractivity contribution >= 4 is 17.6 Å². The molecule has 0 heterocycles. The van der Waals surface area contributed by atoms with Gasteiger partial charge in [-0.25, -0.2) is 0 Å². The van der Waals surface area contributed by atoms with Crippen LogP contribution in [0, 0.1) is 16.7 Å². The van der Waals surface area contributed by atoms with Crippen molar-refractivity contribution < 1.29 is 29.6 Å². The van der Waals surface area contributed by atoms with E-state index in [1.165, 1.54) is 20.1 Å². The van der Waals surface area contributed by atoms with Gasteiger partial charge < -0.3 is 20.1 Å². The van der Waals surface area contributed by atoms with Crippen molar-refractivity contribution in [2.24, 2.45) is 16.7 Å². The summed E-state index contributed by atoms with van der Waals surface area (Å²) in [4.78, 5) is 26.6. The molecule has 2 aromatic rings. The fraction of sp³-hybridized carbons (Fsp3) is 0.471. The largest absolute Gasteiger partial charge is 0.387 e. The second-order valence-corrected chi connectivity index (χ2v) is 12.1. The van der Waals surface area contributed by atoms with Gasteiger partial charge in [-0.3, -0.25) is 9.59 Å². The Kier molecular flexibility index (Phi) is 11.8. The molecule has 0 amide bonds. The Morgan fingerprint density at radius 1 is 0.950 bits per heavy atom. The first kappa shape index (κ1) is 33.3. The number of carbonyl (C=O) groups is 2. The van der Waals surface area contributed by atoms with Gasteiger partial charge in [-0.15, -0.1) is 0 Å². The Hall–Kier alpha value is -2.90. The van der Waals surface area contributed by atoms with Crippen LogP contribution in [0.4, 0.5) is 0 Å². The number of ketones is 2. The lowest BCUT2D eigenvalue weighted by molar-refractivity contribution is -0.159. The zero-order chi connectivity index (χ0) is 30.3. The molecule has 0 aliphatic rings. The Bertz CT molecular complexity index is 1170. The van der Waals surface area contributed by atoms with Gasteiger partial charge in [0, 0.05) is 18.4 Å². The van der Waals surface area contributed by atoms with Gasteiger partial charge in [-0.1, -0.05) is 108 Å². The third-order valence-electron chi connectivity index (χ3n) is 7.49. The zero-order valence-electron chi connectivity index (χ0n) is 24.9. The van der Waals surface area contributed by atoms with Crippen molar-refractivity contribution in [1.29, 1.82) is 0 Å². The summed E-state index contributed by atoms with van der Waals surface area (Å²) in [5.41, 5.74) is 2.63. The number of Topliss-reactive ketones (excluding diaryl/α,β-unsaturated/α-hetero) is 2. The minimum absolute atomic E-state index is 0.157. The molecule has 0 bridgehead atoms. The summed E-state index contributed by atoms with van der Waals surface area (Å²) in [5, 5.41) is 31.9. The van der Waals surface area contributed by atoms with Gasteiger partial charge in [0.1, 0.15) is 30.2 Å². The standard InChI is InChI=1S/C34H46O6/c1-9-23-15-16-26(24-13-11-10-12-14-24)21-25(23)17-18-27(22(2)35)34(6,7)32(39)31(40-8)30(38)29(37)28(36)19-20-33(3,4)5/h9-16,19-21,27-31,36-38H,1,17-18H2,2-8H3/b20-19+/t27-,28-,29+,30-,31-/m1/s1. The monoisotopic (exact) mass is 550 g/mol. The summed E-state index contributed by atoms with van der Waals surface area (Å²) >= 11 is 0. The summed E-state index contributed by atoms with van der Waals surface area (Å²) in [6.07, 6.45) is -0.376. The molecule has 0 saturated heterocycles. The number of aliphatic hydroxyl groups is 3. The van der Waals surface area contributed by atoms with Crippen LogP contribution < -0.4 is 0 Å². The molecule has 2 aromatic carbocycles. The van der Waals surface area contributed by atoms with Crippen LogP contribution in [0.25, 0.3) is 17.2 Å². The second-order valence-electron chi connectivity index (χ2n) is 12.1. The molecule has 218 valence electrons. The third-order valence-corrected chi connectivity index (χ3v) is 7.49. The highest BCUT2D eigenvalue weighted by atomic mass is 16.5. The molecule has 3 N–H and O–H groups in total. The number of carbonyl (C=O) groups excluding carboxylic acids is 2. The van der Waals surface area contributed by atoms with Crippen molar-refractivity contribution in [3.05, 3.63) is 78.4 Å². The Morgan fingerprint density at radius 2 is 1.57 bits per heavy atom. The maximum atomic E-state index is 13.7. The summed E-state index contributed by atoms with van der Waals surface area (Å²) in [7, 11) is 1.26. The Balaban J connectivity index is 2.29. The SMILES string of the molecule is C=Cc1ccc(-c2ccccc2)cc1CC[C@H](C(C)=O)C(C)(C)C(=O)[C@H](OC)[C@H](O)[C@@H](O)[C@H](O)/C=C/C(C)(C)C. The molecule has 6 heteroatoms. The fourth-order valence-corrected chi connectivity index (χ4v) is 5.03. The van der Waals surface area contributed by atoms with Crippen LogP contribution in [0.2, 0.25) is 0 Å². The lowest BCUT2D eigenvalue weighted by atomic mass is 9.69. The van der Waals surface area contributed by atoms with E-state index < -0.39 is 41.5 Å². The number of ether oxygens (including phenoxy) is 1. The first-order chi connectivity index (χ1) is 18.6. The molecule has 0 aromatic heterocycles. The molecule has 0 radical (unpaired) electrons. The first-order valence-electron chi connectivity index (χ1n) is 13.8. The first-order valence-corrected chi connectivity index (χ1v) is 13.8. The molecule has 6 nitrogen and oxygen atoms in total. The Morgan fingerprint density at radius 3 is 2.10 bits per heavy atom. The molecule has 40 heavy (non-hydrogen) atoms. The number of methoxy groups -OCH3 is 1. The van der Waals surface area contributed by atoms with Gasteiger partial charge in [0.05, 0.1) is 0 Å². The van der Waals surface area contributed by atoms with Crippen LogP contribution >= 0.6 is 0 Å². The number of rotatable bonds is 14. The van der Waals surface area contributed by atoms with Gasteiger partial charge in [0.2, 0.25) is 0 Å². The lowest BCUT2D eigenvalue weighted by Gasteiger charge is -2.36. The molecule has 2 rings (SSSR count). The minimum Gasteiger partial charge on any atom is -0.387 e. The number of aryl methyl sites for hydroxylation is 1. The highest BCUT2D eigenvalue weighted by molar-refractivity contribution is 5.94. The van der Waals surface area contributed by atoms with E-state index in [-0.39, 0.29) is 11.2 Å². The molecule has 0 aliphatic heterocycles. The molecule has 0 aliphatic carbocycles. The van der Waals surface area contributed by atoms with Crippen molar-refractivity contribution in [2.75, 3.05) is 7.11 Å². The van der Waals surface area contributed by atoms with Crippen LogP contribution in [0.1, 0.15) is 59.1 Å². The third kappa shape index (κ3) is 8.55. The smallest absolute Gasteiger partial charge is 0.170 e. The molecule has 5 atom stereocenters. The molecule has 0 fully saturated rings. The highest BCUT2D eigenvalue weighted by Crippen LogP contribution is 2.36. The Labute approximate surface area is 239 Å². The van der Waals surface area contributed by atoms with Crippen LogP contribution in [0.5, 0.6) is 0 Å². The average Bonchev–Trinajstić information content (AvgIpc) is 2.91. The van der Waals surface area contributed by atoms with Gasteiger partial charge in [0.25, 0.3) is 0 Å². The molecular formula is C34H46O6. The fourth-order valence-electron chi connectivity index (χ4n) is 5.03. The molecule has 0 saturated carbocycles. The van der Waals surface area contributed by atoms with E-state index in [0.29, 0.717) is 12.8 Å². The van der Waals surface area contributed by atoms with Gasteiger partial charge in [-0.2, -0.15) is 0 Å². The van der Waals surface area contributed by atoms with Crippen LogP contribution in [0.3, 0.4) is 0 Å². The van der Waals surface area contributed by atoms with E-state index in [1.807, 2.05) is 63.2 Å². The van der Waals surface area contributed by atoms with Crippen LogP contribution in [0.15, 0.2) is 67.3 Å². The van der Waals surface area contributed by atoms with Gasteiger partial charge in [-0.05, 0) is 47.4 Å². The van der Waals surface area contributed by atoms with E-state index >= 15 is 0 Å². The summed E-state index contributed by atoms with van der Waals surface area (Å²) in [6.45, 7) is 14.5. The maximum Gasteiger partial charge on any atom is 0.170 e. The second kappa shape index (κ2) is 14.1. The number of hydrogen-bond donors (Lipinski definition) is 3. The number of allylic oxidation sites excluding steroid dienone is 1. The number of benzene rings is 2. The minimum atomic E-state index is -1.70. The quantitative estimate of drug-likeness (QED) is 0.271. The van der Waals surface area contributed by atoms with Crippen molar-refractivity contribution in [3.8, 4) is 11.1 Å². The van der Waals surface area contributed by atoms with Crippen LogP contribution in [-0.4, -0.2) is 58.4 Å². The predicted octanol–water partition coefficient (Wildman–Crippen LogP) is 5.43. The van der Waals surface area contributed by atoms with Gasteiger partial charge >= 0.3 is 0 Å². The van der Waals surface area contributed by atoms with E-state index in [0.717, 1.165) is 22.3 Å². The number of hydrogen-bond acceptors (Lipinski definition) is 6. The topological polar surface area (TPSA) is 104 Å². The van der Waals surface area contributed by atoms with E-state index in [4.69, 9.17) is 4.74 Å². The average molecular weight is 551 g/mol. The van der Waals surface area contributed by atoms with Gasteiger partial charge in [0.15, 0.2) is 5.78 Å². The lowest BCUT2D eigenvalue weighted by Crippen LogP contribution is -2.53. The number of aliphatic hydroxyl groups excluding tert-OH is 3. The van der Waals surface area contributed by atoms with Crippen molar-refractivity contribution in [2.45, 2.75) is 78.8 Å². The van der Waals surface area contributed by atoms with Crippen molar-refractivity contribution in [3.63, 3.8) is 0 Å². The highest BCUT2D eigenvalue weighted by Gasteiger charge is 2.46. The summed E-state index contributed by atoms with van der Waals surface area (Å²) in [5.74, 6) is -1.35. The van der Waals surface area contributed by atoms with E-state index in [1.54, 1.807) is 26.0 Å². The summed E-state index contributed by atoms with van der Waals surface area (Å²) < 4.78 is 5.35. The normalized spacial score (nSPS) is 16.2. The summed E-state index contributed by atoms with van der Waals surface area (Å²) in [6, 6.07) is 16.1. The van der Waals surface area contributed by atoms with E-state index in [9.17, 15) is 24.9 Å². The predicted molar refractivity (Wildman–Crippen MR) is 161 cm³/mol. The van der Waals surface area contributed by atoms with E-state index in [2.05, 4.69) is 12.6 Å². The van der Waals surface area contributed by atoms with Crippen LogP contribution in [-0.2, 0) is 20.7 Å². The molecular weight excluding hydrogens is 504 g/mol. The zero-order valence-corrected chi connectivity index (χ0v) is 24.9. The maximum absolute atomic E-state index is 13.7.